The minimum absolute atomic E-state index is 0.129. The normalized spacial score (nSPS) is 22.1. The van der Waals surface area contributed by atoms with E-state index in [1.54, 1.807) is 0 Å². The second kappa shape index (κ2) is 11.0. The summed E-state index contributed by atoms with van der Waals surface area (Å²) in [7, 11) is 1.90. The van der Waals surface area contributed by atoms with Crippen molar-refractivity contribution in [3.63, 3.8) is 0 Å². The van der Waals surface area contributed by atoms with Crippen LogP contribution in [0.25, 0.3) is 10.8 Å². The maximum atomic E-state index is 9.55. The highest BCUT2D eigenvalue weighted by Gasteiger charge is 2.51. The van der Waals surface area contributed by atoms with Crippen LogP contribution in [-0.4, -0.2) is 65.4 Å². The number of ether oxygens (including phenoxy) is 1. The number of hydrogen-bond acceptors (Lipinski definition) is 5. The molecular formula is C31H34N2O5. The Morgan fingerprint density at radius 2 is 1.55 bits per heavy atom. The van der Waals surface area contributed by atoms with E-state index < -0.39 is 11.9 Å². The fourth-order valence-electron chi connectivity index (χ4n) is 6.74. The number of methoxy groups -OCH3 is 1. The Morgan fingerprint density at radius 1 is 0.895 bits per heavy atom. The Morgan fingerprint density at radius 3 is 2.18 bits per heavy atom. The molecule has 2 unspecified atom stereocenters. The minimum atomic E-state index is -1.26. The molecule has 2 heterocycles. The van der Waals surface area contributed by atoms with Crippen LogP contribution in [0.1, 0.15) is 36.4 Å². The highest BCUT2D eigenvalue weighted by Crippen LogP contribution is 2.46. The number of hydrogen-bond donors (Lipinski definition) is 2. The first-order chi connectivity index (χ1) is 18.4. The molecule has 198 valence electrons. The molecule has 0 radical (unpaired) electrons. The van der Waals surface area contributed by atoms with Crippen molar-refractivity contribution in [2.75, 3.05) is 31.6 Å². The molecule has 2 N–H and O–H groups in total. The SMILES string of the molecule is COC1CCN(c2ccccc2)C12CCN(C1Cc3cccc4cccc1c34)CC2.O=C(O)/C=C/C(=O)O. The van der Waals surface area contributed by atoms with Crippen LogP contribution in [0.15, 0.2) is 78.9 Å². The quantitative estimate of drug-likeness (QED) is 0.468. The van der Waals surface area contributed by atoms with Crippen LogP contribution in [0.5, 0.6) is 0 Å². The van der Waals surface area contributed by atoms with Gasteiger partial charge in [0, 0.05) is 50.6 Å². The molecule has 3 aromatic carbocycles. The molecule has 6 rings (SSSR count). The fraction of sp³-hybridized carbons (Fsp3) is 0.355. The van der Waals surface area contributed by atoms with Crippen molar-refractivity contribution in [3.05, 3.63) is 90.0 Å². The van der Waals surface area contributed by atoms with Crippen LogP contribution in [0.4, 0.5) is 5.69 Å². The second-order valence-corrected chi connectivity index (χ2v) is 10.2. The molecule has 2 saturated heterocycles. The van der Waals surface area contributed by atoms with Crippen molar-refractivity contribution in [2.24, 2.45) is 0 Å². The summed E-state index contributed by atoms with van der Waals surface area (Å²) < 4.78 is 6.05. The van der Waals surface area contributed by atoms with Crippen LogP contribution in [-0.2, 0) is 20.7 Å². The lowest BCUT2D eigenvalue weighted by Gasteiger charge is -2.49. The van der Waals surface area contributed by atoms with Gasteiger partial charge in [-0.1, -0.05) is 54.6 Å². The van der Waals surface area contributed by atoms with Gasteiger partial charge >= 0.3 is 11.9 Å². The zero-order valence-electron chi connectivity index (χ0n) is 21.6. The Hall–Kier alpha value is -3.68. The number of anilines is 1. The van der Waals surface area contributed by atoms with E-state index in [-0.39, 0.29) is 5.54 Å². The molecule has 0 aromatic heterocycles. The molecular weight excluding hydrogens is 480 g/mol. The molecule has 2 fully saturated rings. The van der Waals surface area contributed by atoms with Crippen molar-refractivity contribution in [2.45, 2.75) is 43.4 Å². The van der Waals surface area contributed by atoms with E-state index in [0.29, 0.717) is 24.3 Å². The van der Waals surface area contributed by atoms with Gasteiger partial charge in [-0.3, -0.25) is 4.90 Å². The van der Waals surface area contributed by atoms with Crippen molar-refractivity contribution < 1.29 is 24.5 Å². The smallest absolute Gasteiger partial charge is 0.328 e. The molecule has 38 heavy (non-hydrogen) atoms. The van der Waals surface area contributed by atoms with Gasteiger partial charge in [-0.25, -0.2) is 9.59 Å². The van der Waals surface area contributed by atoms with Gasteiger partial charge < -0.3 is 19.8 Å². The lowest BCUT2D eigenvalue weighted by molar-refractivity contribution is -0.134. The maximum absolute atomic E-state index is 9.55. The average Bonchev–Trinajstić information content (AvgIpc) is 3.49. The molecule has 2 aliphatic heterocycles. The first-order valence-electron chi connectivity index (χ1n) is 13.2. The summed E-state index contributed by atoms with van der Waals surface area (Å²) in [5.41, 5.74) is 4.54. The van der Waals surface area contributed by atoms with Gasteiger partial charge in [0.2, 0.25) is 0 Å². The molecule has 0 saturated carbocycles. The number of likely N-dealkylation sites (tertiary alicyclic amines) is 1. The van der Waals surface area contributed by atoms with Gasteiger partial charge in [-0.15, -0.1) is 0 Å². The zero-order chi connectivity index (χ0) is 26.7. The van der Waals surface area contributed by atoms with Crippen molar-refractivity contribution >= 4 is 28.4 Å². The second-order valence-electron chi connectivity index (χ2n) is 10.2. The number of aliphatic carboxylic acids is 2. The number of para-hydroxylation sites is 1. The summed E-state index contributed by atoms with van der Waals surface area (Å²) in [5, 5.41) is 18.5. The lowest BCUT2D eigenvalue weighted by Crippen LogP contribution is -2.58. The van der Waals surface area contributed by atoms with Crippen molar-refractivity contribution in [1.82, 2.24) is 4.90 Å². The molecule has 3 aromatic rings. The Kier molecular flexibility index (Phi) is 7.49. The summed E-state index contributed by atoms with van der Waals surface area (Å²) in [6, 6.07) is 25.1. The van der Waals surface area contributed by atoms with Crippen LogP contribution in [0.2, 0.25) is 0 Å². The van der Waals surface area contributed by atoms with Crippen LogP contribution < -0.4 is 4.90 Å². The molecule has 7 heteroatoms. The van der Waals surface area contributed by atoms with Crippen molar-refractivity contribution in [1.29, 1.82) is 0 Å². The molecule has 0 amide bonds. The third kappa shape index (κ3) is 4.91. The standard InChI is InChI=1S/C27H30N2O.C4H4O4/c1-30-25-13-16-29(22-10-3-2-4-11-22)27(25)14-17-28(18-15-27)24-19-21-9-5-7-20-8-6-12-23(24)26(20)21;5-3(6)1-2-4(7)8/h2-12,24-25H,13-19H2,1H3;1-2H,(H,5,6)(H,7,8)/b;2-1+. The van der Waals surface area contributed by atoms with Crippen molar-refractivity contribution in [3.8, 4) is 0 Å². The average molecular weight is 515 g/mol. The number of nitrogens with zero attached hydrogens (tertiary/aromatic N) is 2. The molecule has 1 spiro atoms. The van der Waals surface area contributed by atoms with E-state index in [1.807, 2.05) is 7.11 Å². The Balaban J connectivity index is 0.000000323. The van der Waals surface area contributed by atoms with E-state index in [0.717, 1.165) is 32.5 Å². The predicted molar refractivity (Wildman–Crippen MR) is 148 cm³/mol. The van der Waals surface area contributed by atoms with Gasteiger partial charge in [0.15, 0.2) is 0 Å². The third-order valence-electron chi connectivity index (χ3n) is 8.37. The van der Waals surface area contributed by atoms with Gasteiger partial charge in [0.05, 0.1) is 11.6 Å². The van der Waals surface area contributed by atoms with E-state index in [2.05, 4.69) is 76.5 Å². The van der Waals surface area contributed by atoms with E-state index in [9.17, 15) is 9.59 Å². The fourth-order valence-corrected chi connectivity index (χ4v) is 6.74. The predicted octanol–water partition coefficient (Wildman–Crippen LogP) is 4.91. The van der Waals surface area contributed by atoms with Crippen LogP contribution in [0.3, 0.4) is 0 Å². The number of benzene rings is 3. The third-order valence-corrected chi connectivity index (χ3v) is 8.37. The first-order valence-corrected chi connectivity index (χ1v) is 13.2. The number of carbonyl (C=O) groups is 2. The molecule has 0 bridgehead atoms. The number of carboxylic acid groups (broad SMARTS) is 2. The summed E-state index contributed by atoms with van der Waals surface area (Å²) in [6.45, 7) is 3.37. The Labute approximate surface area is 222 Å². The highest BCUT2D eigenvalue weighted by molar-refractivity contribution is 5.91. The molecule has 1 aliphatic carbocycles. The molecule has 7 nitrogen and oxygen atoms in total. The van der Waals surface area contributed by atoms with E-state index in [4.69, 9.17) is 14.9 Å². The van der Waals surface area contributed by atoms with E-state index in [1.165, 1.54) is 40.4 Å². The lowest BCUT2D eigenvalue weighted by atomic mass is 9.81. The number of rotatable bonds is 5. The molecule has 3 aliphatic rings. The monoisotopic (exact) mass is 514 g/mol. The summed E-state index contributed by atoms with van der Waals surface area (Å²) >= 11 is 0. The number of carboxylic acids is 2. The molecule has 2 atom stereocenters. The largest absolute Gasteiger partial charge is 0.478 e. The maximum Gasteiger partial charge on any atom is 0.328 e. The van der Waals surface area contributed by atoms with Crippen LogP contribution >= 0.6 is 0 Å². The van der Waals surface area contributed by atoms with Gasteiger partial charge in [-0.05, 0) is 59.7 Å². The van der Waals surface area contributed by atoms with Crippen LogP contribution in [0, 0.1) is 0 Å². The minimum Gasteiger partial charge on any atom is -0.478 e. The topological polar surface area (TPSA) is 90.3 Å². The van der Waals surface area contributed by atoms with E-state index >= 15 is 0 Å². The summed E-state index contributed by atoms with van der Waals surface area (Å²) in [5.74, 6) is -2.51. The highest BCUT2D eigenvalue weighted by atomic mass is 16.5. The number of piperidine rings is 1. The van der Waals surface area contributed by atoms with Gasteiger partial charge in [0.25, 0.3) is 0 Å². The summed E-state index contributed by atoms with van der Waals surface area (Å²) in [6.07, 6.45) is 6.06. The Bertz CT molecular complexity index is 1310. The van der Waals surface area contributed by atoms with Gasteiger partial charge in [-0.2, -0.15) is 0 Å². The van der Waals surface area contributed by atoms with Gasteiger partial charge in [0.1, 0.15) is 0 Å². The summed E-state index contributed by atoms with van der Waals surface area (Å²) in [4.78, 5) is 24.5. The zero-order valence-corrected chi connectivity index (χ0v) is 21.6. The first kappa shape index (κ1) is 25.9.